The molecule has 3 rings (SSSR count). The van der Waals surface area contributed by atoms with Gasteiger partial charge in [-0.25, -0.2) is 9.80 Å². The molecule has 0 unspecified atom stereocenters. The lowest BCUT2D eigenvalue weighted by molar-refractivity contribution is 0.0358. The van der Waals surface area contributed by atoms with Gasteiger partial charge in [0.25, 0.3) is 11.8 Å². The molecule has 0 atom stereocenters. The fourth-order valence-electron chi connectivity index (χ4n) is 3.59. The van der Waals surface area contributed by atoms with Gasteiger partial charge in [0.05, 0.1) is 5.54 Å². The molecule has 2 aromatic rings. The zero-order valence-electron chi connectivity index (χ0n) is 21.7. The summed E-state index contributed by atoms with van der Waals surface area (Å²) in [5.41, 5.74) is 6.53. The van der Waals surface area contributed by atoms with Crippen molar-refractivity contribution in [2.24, 2.45) is 0 Å². The number of urea groups is 1. The maximum Gasteiger partial charge on any atom is 0.319 e. The minimum absolute atomic E-state index is 0.130. The first-order valence-electron chi connectivity index (χ1n) is 11.6. The summed E-state index contributed by atoms with van der Waals surface area (Å²) in [6.45, 7) is 13.4. The number of carbonyl (C=O) groups is 3. The fourth-order valence-corrected chi connectivity index (χ4v) is 3.59. The number of nitrogens with one attached hydrogen (secondary N) is 1. The molecule has 0 bridgehead atoms. The highest BCUT2D eigenvalue weighted by Gasteiger charge is 2.30. The number of amides is 4. The van der Waals surface area contributed by atoms with Gasteiger partial charge in [-0.3, -0.25) is 15.0 Å². The number of hydrogen-bond acceptors (Lipinski definition) is 3. The zero-order chi connectivity index (χ0) is 25.6. The molecule has 2 aromatic carbocycles. The molecule has 0 saturated carbocycles. The number of likely N-dealkylation sites (N-methyl/N-ethyl adjacent to an activating group) is 2. The van der Waals surface area contributed by atoms with Crippen molar-refractivity contribution >= 4 is 17.8 Å². The summed E-state index contributed by atoms with van der Waals surface area (Å²) < 4.78 is 0. The van der Waals surface area contributed by atoms with Crippen LogP contribution in [0.2, 0.25) is 0 Å². The second kappa shape index (κ2) is 11.2. The molecule has 0 spiro atoms. The van der Waals surface area contributed by atoms with Gasteiger partial charge in [-0.2, -0.15) is 0 Å². The van der Waals surface area contributed by atoms with E-state index < -0.39 is 5.54 Å². The smallest absolute Gasteiger partial charge is 0.319 e. The Morgan fingerprint density at radius 1 is 0.912 bits per heavy atom. The Balaban J connectivity index is 0.000000430. The van der Waals surface area contributed by atoms with Gasteiger partial charge in [0.1, 0.15) is 0 Å². The van der Waals surface area contributed by atoms with Gasteiger partial charge in [-0.15, -0.1) is 0 Å². The van der Waals surface area contributed by atoms with E-state index in [1.807, 2.05) is 79.0 Å². The first kappa shape index (κ1) is 26.9. The van der Waals surface area contributed by atoms with Crippen LogP contribution in [0.4, 0.5) is 4.79 Å². The topological polar surface area (TPSA) is 73.0 Å². The van der Waals surface area contributed by atoms with Crippen LogP contribution in [0, 0.1) is 13.8 Å². The molecular formula is C27H38N4O3. The minimum atomic E-state index is -0.562. The fraction of sp³-hybridized carbons (Fsp3) is 0.444. The van der Waals surface area contributed by atoms with E-state index in [-0.39, 0.29) is 17.8 Å². The van der Waals surface area contributed by atoms with Crippen molar-refractivity contribution in [3.05, 3.63) is 70.3 Å². The number of benzene rings is 2. The number of aryl methyl sites for hydroxylation is 3. The highest BCUT2D eigenvalue weighted by Crippen LogP contribution is 2.18. The molecule has 0 aromatic heterocycles. The lowest BCUT2D eigenvalue weighted by atomic mass is 10.0. The number of nitrogens with zero attached hydrogens (tertiary/aromatic N) is 3. The molecule has 34 heavy (non-hydrogen) atoms. The zero-order valence-corrected chi connectivity index (χ0v) is 21.7. The Morgan fingerprint density at radius 2 is 1.41 bits per heavy atom. The van der Waals surface area contributed by atoms with Gasteiger partial charge >= 0.3 is 6.03 Å². The van der Waals surface area contributed by atoms with Crippen molar-refractivity contribution in [3.63, 3.8) is 0 Å². The average molecular weight is 467 g/mol. The molecule has 7 heteroatoms. The van der Waals surface area contributed by atoms with Gasteiger partial charge in [0, 0.05) is 38.3 Å². The molecule has 1 heterocycles. The van der Waals surface area contributed by atoms with Gasteiger partial charge < -0.3 is 9.80 Å². The summed E-state index contributed by atoms with van der Waals surface area (Å²) in [6.07, 6.45) is 0.918. The average Bonchev–Trinajstić information content (AvgIpc) is 3.06. The van der Waals surface area contributed by atoms with Crippen LogP contribution < -0.4 is 5.43 Å². The van der Waals surface area contributed by atoms with Crippen LogP contribution >= 0.6 is 0 Å². The summed E-state index contributed by atoms with van der Waals surface area (Å²) in [6, 6.07) is 13.3. The Morgan fingerprint density at radius 3 is 1.79 bits per heavy atom. The Bertz CT molecular complexity index is 993. The summed E-state index contributed by atoms with van der Waals surface area (Å²) in [5, 5.41) is 1.41. The molecule has 1 N–H and O–H groups in total. The van der Waals surface area contributed by atoms with Crippen molar-refractivity contribution < 1.29 is 14.4 Å². The second-order valence-corrected chi connectivity index (χ2v) is 9.80. The molecule has 7 nitrogen and oxygen atoms in total. The molecular weight excluding hydrogens is 428 g/mol. The van der Waals surface area contributed by atoms with E-state index in [4.69, 9.17) is 0 Å². The normalized spacial score (nSPS) is 13.4. The molecule has 0 aliphatic carbocycles. The van der Waals surface area contributed by atoms with Crippen molar-refractivity contribution in [1.82, 2.24) is 20.2 Å². The highest BCUT2D eigenvalue weighted by molar-refractivity contribution is 5.99. The summed E-state index contributed by atoms with van der Waals surface area (Å²) in [5.74, 6) is -0.511. The maximum atomic E-state index is 13.1. The van der Waals surface area contributed by atoms with E-state index in [9.17, 15) is 14.4 Å². The Labute approximate surface area is 203 Å². The van der Waals surface area contributed by atoms with Crippen molar-refractivity contribution in [1.29, 1.82) is 0 Å². The summed E-state index contributed by atoms with van der Waals surface area (Å²) >= 11 is 0. The summed E-state index contributed by atoms with van der Waals surface area (Å²) in [7, 11) is 3.62. The first-order chi connectivity index (χ1) is 15.8. The Kier molecular flexibility index (Phi) is 8.85. The van der Waals surface area contributed by atoms with Crippen molar-refractivity contribution in [3.8, 4) is 0 Å². The van der Waals surface area contributed by atoms with Crippen LogP contribution in [0.3, 0.4) is 0 Å². The SMILES string of the molecule is CCc1ccc(C(=O)NN(C(=O)c2cc(C)cc(C)c2)C(C)(C)C)cc1.CN1CCN(C)C1=O. The van der Waals surface area contributed by atoms with Crippen LogP contribution in [0.25, 0.3) is 0 Å². The molecule has 4 amide bonds. The van der Waals surface area contributed by atoms with Gasteiger partial charge in [0.2, 0.25) is 0 Å². The second-order valence-electron chi connectivity index (χ2n) is 9.80. The van der Waals surface area contributed by atoms with Crippen LogP contribution in [0.15, 0.2) is 42.5 Å². The third-order valence-corrected chi connectivity index (χ3v) is 5.60. The van der Waals surface area contributed by atoms with E-state index in [0.29, 0.717) is 11.1 Å². The van der Waals surface area contributed by atoms with E-state index in [2.05, 4.69) is 12.3 Å². The molecule has 184 valence electrons. The van der Waals surface area contributed by atoms with Gasteiger partial charge in [-0.05, 0) is 70.9 Å². The first-order valence-corrected chi connectivity index (χ1v) is 11.6. The third kappa shape index (κ3) is 7.07. The van der Waals surface area contributed by atoms with E-state index in [1.54, 1.807) is 21.9 Å². The predicted octanol–water partition coefficient (Wildman–Crippen LogP) is 4.44. The van der Waals surface area contributed by atoms with Crippen LogP contribution in [0.5, 0.6) is 0 Å². The third-order valence-electron chi connectivity index (χ3n) is 5.60. The van der Waals surface area contributed by atoms with E-state index in [1.165, 1.54) is 10.6 Å². The largest absolute Gasteiger partial charge is 0.326 e. The van der Waals surface area contributed by atoms with Gasteiger partial charge in [0.15, 0.2) is 0 Å². The van der Waals surface area contributed by atoms with E-state index >= 15 is 0 Å². The number of carbonyl (C=O) groups excluding carboxylic acids is 3. The monoisotopic (exact) mass is 466 g/mol. The number of rotatable bonds is 3. The molecule has 1 saturated heterocycles. The van der Waals surface area contributed by atoms with Crippen LogP contribution in [-0.4, -0.2) is 65.4 Å². The number of hydrazine groups is 1. The lowest BCUT2D eigenvalue weighted by Crippen LogP contribution is -2.55. The standard InChI is InChI=1S/C22H28N2O2.C5H10N2O/c1-7-17-8-10-18(11-9-17)20(25)23-24(22(4,5)6)21(26)19-13-15(2)12-16(3)14-19;1-6-3-4-7(2)5(6)8/h8-14H,7H2,1-6H3,(H,23,25);3-4H2,1-2H3. The predicted molar refractivity (Wildman–Crippen MR) is 136 cm³/mol. The Hall–Kier alpha value is -3.35. The van der Waals surface area contributed by atoms with Crippen LogP contribution in [0.1, 0.15) is 65.1 Å². The molecule has 0 radical (unpaired) electrons. The van der Waals surface area contributed by atoms with E-state index in [0.717, 1.165) is 30.6 Å². The number of hydrogen-bond donors (Lipinski definition) is 1. The van der Waals surface area contributed by atoms with Crippen molar-refractivity contribution in [2.45, 2.75) is 53.5 Å². The lowest BCUT2D eigenvalue weighted by Gasteiger charge is -2.35. The molecule has 1 fully saturated rings. The van der Waals surface area contributed by atoms with Crippen LogP contribution in [-0.2, 0) is 6.42 Å². The highest BCUT2D eigenvalue weighted by atomic mass is 16.2. The molecule has 1 aliphatic heterocycles. The quantitative estimate of drug-likeness (QED) is 0.680. The molecule has 1 aliphatic rings. The summed E-state index contributed by atoms with van der Waals surface area (Å²) in [4.78, 5) is 39.9. The maximum absolute atomic E-state index is 13.1. The van der Waals surface area contributed by atoms with Crippen molar-refractivity contribution in [2.75, 3.05) is 27.2 Å². The minimum Gasteiger partial charge on any atom is -0.326 e. The van der Waals surface area contributed by atoms with Gasteiger partial charge in [-0.1, -0.05) is 36.2 Å².